The minimum atomic E-state index is -0.132. The Balaban J connectivity index is 1.53. The normalized spacial score (nSPS) is 21.7. The van der Waals surface area contributed by atoms with Crippen molar-refractivity contribution in [3.8, 4) is 5.75 Å². The van der Waals surface area contributed by atoms with E-state index in [-0.39, 0.29) is 17.1 Å². The van der Waals surface area contributed by atoms with E-state index in [1.807, 2.05) is 12.1 Å². The third-order valence-electron chi connectivity index (χ3n) is 7.29. The minimum Gasteiger partial charge on any atom is -0.489 e. The van der Waals surface area contributed by atoms with E-state index < -0.39 is 0 Å². The van der Waals surface area contributed by atoms with Crippen LogP contribution in [-0.4, -0.2) is 23.7 Å². The summed E-state index contributed by atoms with van der Waals surface area (Å²) < 4.78 is 6.41. The summed E-state index contributed by atoms with van der Waals surface area (Å²) in [5, 5.41) is 5.81. The summed E-state index contributed by atoms with van der Waals surface area (Å²) in [6, 6.07) is 17.0. The molecule has 0 saturated heterocycles. The second kappa shape index (κ2) is 10.8. The van der Waals surface area contributed by atoms with Crippen LogP contribution < -0.4 is 15.6 Å². The Kier molecular flexibility index (Phi) is 7.77. The van der Waals surface area contributed by atoms with Crippen molar-refractivity contribution >= 4 is 22.4 Å². The fraction of sp³-hybridized carbons (Fsp3) is 0.464. The average Bonchev–Trinajstić information content (AvgIpc) is 2.84. The van der Waals surface area contributed by atoms with Crippen LogP contribution in [0.4, 0.5) is 0 Å². The number of rotatable bonds is 9. The number of ether oxygens (including phenoxy) is 1. The minimum absolute atomic E-state index is 0.115. The van der Waals surface area contributed by atoms with Crippen molar-refractivity contribution < 1.29 is 4.74 Å². The number of halogens is 1. The molecule has 0 radical (unpaired) electrons. The van der Waals surface area contributed by atoms with E-state index in [9.17, 15) is 4.79 Å². The van der Waals surface area contributed by atoms with Crippen LogP contribution in [0, 0.1) is 0 Å². The number of H-pyrrole nitrogens is 1. The first-order valence-corrected chi connectivity index (χ1v) is 12.7. The molecule has 1 heterocycles. The van der Waals surface area contributed by atoms with Gasteiger partial charge in [0.1, 0.15) is 5.75 Å². The lowest BCUT2D eigenvalue weighted by atomic mass is 9.63. The molecule has 2 aromatic carbocycles. The maximum absolute atomic E-state index is 12.1. The van der Waals surface area contributed by atoms with E-state index in [4.69, 9.17) is 16.3 Å². The molecule has 0 amide bonds. The molecule has 0 unspecified atom stereocenters. The number of hydrogen-bond donors (Lipinski definition) is 2. The lowest BCUT2D eigenvalue weighted by molar-refractivity contribution is 0.0960. The van der Waals surface area contributed by atoms with Crippen molar-refractivity contribution in [2.24, 2.45) is 0 Å². The standard InChI is InChI=1S/C28H35ClN2O2/c1-3-5-16-30-26(4-2)28(21-9-7-6-8-10-21)14-11-22(12-15-28)33-25-18-20-13-17-31-27(32)23(20)19-24(25)29/h6-10,13,17-19,22,26,30H,3-5,11-12,14-16H2,1-2H3,(H,31,32)/t22?,26-,28?/m1/s1. The highest BCUT2D eigenvalue weighted by molar-refractivity contribution is 6.32. The van der Waals surface area contributed by atoms with Crippen LogP contribution in [0.2, 0.25) is 5.02 Å². The van der Waals surface area contributed by atoms with E-state index in [0.717, 1.165) is 44.0 Å². The van der Waals surface area contributed by atoms with Crippen LogP contribution in [0.1, 0.15) is 64.4 Å². The summed E-state index contributed by atoms with van der Waals surface area (Å²) in [7, 11) is 0. The molecule has 0 aliphatic heterocycles. The van der Waals surface area contributed by atoms with Crippen LogP contribution in [0.5, 0.6) is 5.75 Å². The summed E-state index contributed by atoms with van der Waals surface area (Å²) in [5.74, 6) is 0.667. The quantitative estimate of drug-likeness (QED) is 0.349. The average molecular weight is 467 g/mol. The van der Waals surface area contributed by atoms with E-state index in [1.54, 1.807) is 12.3 Å². The zero-order valence-corrected chi connectivity index (χ0v) is 20.5. The molecule has 5 heteroatoms. The molecule has 1 fully saturated rings. The number of pyridine rings is 1. The van der Waals surface area contributed by atoms with Crippen molar-refractivity contribution in [3.63, 3.8) is 0 Å². The van der Waals surface area contributed by atoms with Gasteiger partial charge in [-0.1, -0.05) is 62.2 Å². The van der Waals surface area contributed by atoms with Gasteiger partial charge in [-0.25, -0.2) is 0 Å². The number of unbranched alkanes of at least 4 members (excludes halogenated alkanes) is 1. The van der Waals surface area contributed by atoms with Crippen molar-refractivity contribution in [2.75, 3.05) is 6.54 Å². The van der Waals surface area contributed by atoms with Crippen molar-refractivity contribution in [3.05, 3.63) is 75.7 Å². The number of fused-ring (bicyclic) bond motifs is 1. The molecular formula is C28H35ClN2O2. The van der Waals surface area contributed by atoms with Crippen LogP contribution in [0.25, 0.3) is 10.8 Å². The molecule has 1 atom stereocenters. The molecule has 2 N–H and O–H groups in total. The highest BCUT2D eigenvalue weighted by Gasteiger charge is 2.42. The number of aromatic amines is 1. The maximum Gasteiger partial charge on any atom is 0.255 e. The van der Waals surface area contributed by atoms with Gasteiger partial charge >= 0.3 is 0 Å². The highest BCUT2D eigenvalue weighted by Crippen LogP contribution is 2.44. The molecule has 1 aliphatic rings. The smallest absolute Gasteiger partial charge is 0.255 e. The predicted octanol–water partition coefficient (Wildman–Crippen LogP) is 6.61. The Labute approximate surface area is 201 Å². The maximum atomic E-state index is 12.1. The van der Waals surface area contributed by atoms with Crippen molar-refractivity contribution in [1.29, 1.82) is 0 Å². The summed E-state index contributed by atoms with van der Waals surface area (Å²) in [6.45, 7) is 5.61. The fourth-order valence-corrected chi connectivity index (χ4v) is 5.68. The Morgan fingerprint density at radius 3 is 2.61 bits per heavy atom. The summed E-state index contributed by atoms with van der Waals surface area (Å²) in [4.78, 5) is 14.8. The summed E-state index contributed by atoms with van der Waals surface area (Å²) >= 11 is 6.50. The van der Waals surface area contributed by atoms with E-state index >= 15 is 0 Å². The van der Waals surface area contributed by atoms with Gasteiger partial charge in [0, 0.05) is 23.0 Å². The molecule has 0 spiro atoms. The van der Waals surface area contributed by atoms with Crippen LogP contribution >= 0.6 is 11.6 Å². The Bertz CT molecular complexity index is 1100. The third-order valence-corrected chi connectivity index (χ3v) is 7.58. The zero-order valence-electron chi connectivity index (χ0n) is 19.7. The second-order valence-corrected chi connectivity index (χ2v) is 9.69. The molecule has 3 aromatic rings. The van der Waals surface area contributed by atoms with Gasteiger partial charge in [0.2, 0.25) is 0 Å². The van der Waals surface area contributed by atoms with Crippen molar-refractivity contribution in [2.45, 2.75) is 76.4 Å². The second-order valence-electron chi connectivity index (χ2n) is 9.28. The molecule has 176 valence electrons. The molecule has 1 aromatic heterocycles. The highest BCUT2D eigenvalue weighted by atomic mass is 35.5. The van der Waals surface area contributed by atoms with E-state index in [2.05, 4.69) is 54.5 Å². The van der Waals surface area contributed by atoms with Gasteiger partial charge in [-0.05, 0) is 74.2 Å². The van der Waals surface area contributed by atoms with Crippen LogP contribution in [0.15, 0.2) is 59.5 Å². The van der Waals surface area contributed by atoms with Gasteiger partial charge in [0.05, 0.1) is 11.1 Å². The van der Waals surface area contributed by atoms with Gasteiger partial charge < -0.3 is 15.0 Å². The molecule has 4 nitrogen and oxygen atoms in total. The monoisotopic (exact) mass is 466 g/mol. The van der Waals surface area contributed by atoms with E-state index in [0.29, 0.717) is 22.2 Å². The summed E-state index contributed by atoms with van der Waals surface area (Å²) in [6.07, 6.45) is 9.39. The van der Waals surface area contributed by atoms with Gasteiger partial charge in [-0.3, -0.25) is 4.79 Å². The molecule has 1 saturated carbocycles. The van der Waals surface area contributed by atoms with Crippen LogP contribution in [-0.2, 0) is 5.41 Å². The molecule has 1 aliphatic carbocycles. The first-order chi connectivity index (χ1) is 16.1. The van der Waals surface area contributed by atoms with E-state index in [1.165, 1.54) is 18.4 Å². The topological polar surface area (TPSA) is 54.1 Å². The predicted molar refractivity (Wildman–Crippen MR) is 138 cm³/mol. The lowest BCUT2D eigenvalue weighted by Crippen LogP contribution is -2.51. The Morgan fingerprint density at radius 1 is 1.15 bits per heavy atom. The van der Waals surface area contributed by atoms with Crippen LogP contribution in [0.3, 0.4) is 0 Å². The third kappa shape index (κ3) is 5.12. The number of benzene rings is 2. The van der Waals surface area contributed by atoms with Gasteiger partial charge in [-0.15, -0.1) is 0 Å². The number of hydrogen-bond acceptors (Lipinski definition) is 3. The Morgan fingerprint density at radius 2 is 1.91 bits per heavy atom. The molecular weight excluding hydrogens is 432 g/mol. The molecule has 4 rings (SSSR count). The number of nitrogens with one attached hydrogen (secondary N) is 2. The first kappa shape index (κ1) is 23.8. The van der Waals surface area contributed by atoms with Gasteiger partial charge in [0.15, 0.2) is 0 Å². The van der Waals surface area contributed by atoms with Gasteiger partial charge in [0.25, 0.3) is 5.56 Å². The zero-order chi connectivity index (χ0) is 23.3. The first-order valence-electron chi connectivity index (χ1n) is 12.3. The lowest BCUT2D eigenvalue weighted by Gasteiger charge is -2.46. The SMILES string of the molecule is CCCCN[C@H](CC)C1(c2ccccc2)CCC(Oc2cc3cc[nH]c(=O)c3cc2Cl)CC1. The molecule has 33 heavy (non-hydrogen) atoms. The fourth-order valence-electron chi connectivity index (χ4n) is 5.47. The largest absolute Gasteiger partial charge is 0.489 e. The summed E-state index contributed by atoms with van der Waals surface area (Å²) in [5.41, 5.74) is 1.42. The van der Waals surface area contributed by atoms with Crippen molar-refractivity contribution in [1.82, 2.24) is 10.3 Å². The Hall–Kier alpha value is -2.30. The van der Waals surface area contributed by atoms with Gasteiger partial charge in [-0.2, -0.15) is 0 Å². The number of aromatic nitrogens is 1. The molecule has 0 bridgehead atoms.